The summed E-state index contributed by atoms with van der Waals surface area (Å²) >= 11 is 0. The standard InChI is InChI=1S/C36H34/c1-2-3-4-5-6-13-26-24-35-33(31-20-11-16-27-14-7-9-18-29(27)31)22-23-34(36(35)25-26)32-21-12-17-28-15-8-10-19-30(28)32/h7-12,14-24H,2-6,13,25H2,1H3. The largest absolute Gasteiger partial charge is 0.0654 e. The fraction of sp³-hybridized carbons (Fsp3) is 0.222. The summed E-state index contributed by atoms with van der Waals surface area (Å²) in [7, 11) is 0. The van der Waals surface area contributed by atoms with Crippen LogP contribution in [0.2, 0.25) is 0 Å². The van der Waals surface area contributed by atoms with Crippen molar-refractivity contribution in [2.24, 2.45) is 0 Å². The molecule has 0 aromatic heterocycles. The number of fused-ring (bicyclic) bond motifs is 3. The molecular weight excluding hydrogens is 432 g/mol. The Morgan fingerprint density at radius 2 is 1.11 bits per heavy atom. The highest BCUT2D eigenvalue weighted by Crippen LogP contribution is 2.44. The lowest BCUT2D eigenvalue weighted by atomic mass is 9.87. The summed E-state index contributed by atoms with van der Waals surface area (Å²) in [6, 6.07) is 35.8. The second-order valence-electron chi connectivity index (χ2n) is 10.2. The number of benzene rings is 5. The molecule has 1 aliphatic carbocycles. The van der Waals surface area contributed by atoms with E-state index in [1.165, 1.54) is 93.5 Å². The lowest BCUT2D eigenvalue weighted by molar-refractivity contribution is 0.629. The quantitative estimate of drug-likeness (QED) is 0.199. The summed E-state index contributed by atoms with van der Waals surface area (Å²) in [4.78, 5) is 0. The van der Waals surface area contributed by atoms with Gasteiger partial charge in [0.25, 0.3) is 0 Å². The number of hydrogen-bond donors (Lipinski definition) is 0. The fourth-order valence-electron chi connectivity index (χ4n) is 6.03. The van der Waals surface area contributed by atoms with Crippen LogP contribution in [0.5, 0.6) is 0 Å². The minimum absolute atomic E-state index is 1.07. The number of allylic oxidation sites excluding steroid dienone is 1. The number of hydrogen-bond acceptors (Lipinski definition) is 0. The van der Waals surface area contributed by atoms with Crippen molar-refractivity contribution in [3.63, 3.8) is 0 Å². The number of rotatable bonds is 8. The molecule has 0 saturated carbocycles. The van der Waals surface area contributed by atoms with E-state index in [0.29, 0.717) is 0 Å². The van der Waals surface area contributed by atoms with Gasteiger partial charge in [-0.15, -0.1) is 0 Å². The van der Waals surface area contributed by atoms with Gasteiger partial charge in [-0.05, 0) is 74.2 Å². The normalized spacial score (nSPS) is 12.8. The lowest BCUT2D eigenvalue weighted by Crippen LogP contribution is -1.95. The van der Waals surface area contributed by atoms with Gasteiger partial charge in [-0.1, -0.05) is 141 Å². The maximum Gasteiger partial charge on any atom is -0.00514 e. The molecule has 0 radical (unpaired) electrons. The zero-order valence-corrected chi connectivity index (χ0v) is 21.3. The Balaban J connectivity index is 1.47. The van der Waals surface area contributed by atoms with Gasteiger partial charge in [-0.25, -0.2) is 0 Å². The molecule has 0 amide bonds. The highest BCUT2D eigenvalue weighted by atomic mass is 14.3. The van der Waals surface area contributed by atoms with Crippen LogP contribution in [-0.2, 0) is 6.42 Å². The first kappa shape index (κ1) is 22.8. The Kier molecular flexibility index (Phi) is 6.43. The lowest BCUT2D eigenvalue weighted by Gasteiger charge is -2.16. The van der Waals surface area contributed by atoms with Crippen LogP contribution < -0.4 is 0 Å². The van der Waals surface area contributed by atoms with Crippen molar-refractivity contribution in [2.45, 2.75) is 51.9 Å². The zero-order valence-electron chi connectivity index (χ0n) is 21.3. The summed E-state index contributed by atoms with van der Waals surface area (Å²) < 4.78 is 0. The third kappa shape index (κ3) is 4.26. The third-order valence-electron chi connectivity index (χ3n) is 7.87. The third-order valence-corrected chi connectivity index (χ3v) is 7.87. The van der Waals surface area contributed by atoms with Crippen molar-refractivity contribution >= 4 is 27.6 Å². The predicted molar refractivity (Wildman–Crippen MR) is 157 cm³/mol. The average Bonchev–Trinajstić information content (AvgIpc) is 3.36. The summed E-state index contributed by atoms with van der Waals surface area (Å²) in [5.41, 5.74) is 9.98. The van der Waals surface area contributed by atoms with E-state index < -0.39 is 0 Å². The molecule has 0 atom stereocenters. The van der Waals surface area contributed by atoms with E-state index in [-0.39, 0.29) is 0 Å². The maximum atomic E-state index is 2.53. The van der Waals surface area contributed by atoms with Crippen molar-refractivity contribution in [1.29, 1.82) is 0 Å². The van der Waals surface area contributed by atoms with E-state index >= 15 is 0 Å². The molecular formula is C36H34. The molecule has 6 rings (SSSR count). The smallest absolute Gasteiger partial charge is 0.00514 e. The van der Waals surface area contributed by atoms with E-state index in [0.717, 1.165) is 6.42 Å². The van der Waals surface area contributed by atoms with Gasteiger partial charge in [-0.3, -0.25) is 0 Å². The van der Waals surface area contributed by atoms with Crippen molar-refractivity contribution < 1.29 is 0 Å². The molecule has 1 aliphatic rings. The molecule has 0 bridgehead atoms. The van der Waals surface area contributed by atoms with E-state index in [1.54, 1.807) is 5.57 Å². The van der Waals surface area contributed by atoms with Crippen LogP contribution in [0.4, 0.5) is 0 Å². The molecule has 0 nitrogen and oxygen atoms in total. The Morgan fingerprint density at radius 3 is 1.81 bits per heavy atom. The van der Waals surface area contributed by atoms with Gasteiger partial charge in [0.1, 0.15) is 0 Å². The van der Waals surface area contributed by atoms with Gasteiger partial charge in [0, 0.05) is 0 Å². The van der Waals surface area contributed by atoms with Crippen molar-refractivity contribution in [3.05, 3.63) is 114 Å². The summed E-state index contributed by atoms with van der Waals surface area (Å²) in [6.45, 7) is 2.29. The highest BCUT2D eigenvalue weighted by Gasteiger charge is 2.22. The first-order valence-electron chi connectivity index (χ1n) is 13.6. The van der Waals surface area contributed by atoms with Crippen LogP contribution in [-0.4, -0.2) is 0 Å². The van der Waals surface area contributed by atoms with Gasteiger partial charge < -0.3 is 0 Å². The van der Waals surface area contributed by atoms with Crippen LogP contribution in [0.15, 0.2) is 103 Å². The maximum absolute atomic E-state index is 2.53. The summed E-state index contributed by atoms with van der Waals surface area (Å²) in [6.07, 6.45) is 11.5. The molecule has 178 valence electrons. The minimum atomic E-state index is 1.07. The predicted octanol–water partition coefficient (Wildman–Crippen LogP) is 10.6. The topological polar surface area (TPSA) is 0 Å². The van der Waals surface area contributed by atoms with Gasteiger partial charge in [0.05, 0.1) is 0 Å². The molecule has 5 aromatic carbocycles. The first-order valence-corrected chi connectivity index (χ1v) is 13.6. The molecule has 0 fully saturated rings. The van der Waals surface area contributed by atoms with Gasteiger partial charge in [0.15, 0.2) is 0 Å². The van der Waals surface area contributed by atoms with E-state index in [4.69, 9.17) is 0 Å². The Hall–Kier alpha value is -3.64. The van der Waals surface area contributed by atoms with Crippen LogP contribution in [0.1, 0.15) is 56.6 Å². The van der Waals surface area contributed by atoms with Gasteiger partial charge in [-0.2, -0.15) is 0 Å². The van der Waals surface area contributed by atoms with Gasteiger partial charge >= 0.3 is 0 Å². The summed E-state index contributed by atoms with van der Waals surface area (Å²) in [5.74, 6) is 0. The SMILES string of the molecule is CCCCCCCC1=Cc2c(-c3cccc4ccccc34)ccc(-c3cccc4ccccc34)c2C1. The van der Waals surface area contributed by atoms with Crippen LogP contribution >= 0.6 is 0 Å². The molecule has 0 unspecified atom stereocenters. The average molecular weight is 467 g/mol. The van der Waals surface area contributed by atoms with E-state index in [2.05, 4.69) is 110 Å². The second-order valence-corrected chi connectivity index (χ2v) is 10.2. The number of unbranched alkanes of at least 4 members (excludes halogenated alkanes) is 4. The van der Waals surface area contributed by atoms with Gasteiger partial charge in [0.2, 0.25) is 0 Å². The Labute approximate surface area is 215 Å². The van der Waals surface area contributed by atoms with E-state index in [1.807, 2.05) is 0 Å². The molecule has 0 heterocycles. The molecule has 0 N–H and O–H groups in total. The van der Waals surface area contributed by atoms with Crippen LogP contribution in [0.25, 0.3) is 49.9 Å². The second kappa shape index (κ2) is 10.2. The first-order chi connectivity index (χ1) is 17.8. The molecule has 0 spiro atoms. The van der Waals surface area contributed by atoms with Crippen molar-refractivity contribution in [1.82, 2.24) is 0 Å². The monoisotopic (exact) mass is 466 g/mol. The van der Waals surface area contributed by atoms with Crippen LogP contribution in [0, 0.1) is 0 Å². The Morgan fingerprint density at radius 1 is 0.528 bits per heavy atom. The van der Waals surface area contributed by atoms with Crippen LogP contribution in [0.3, 0.4) is 0 Å². The zero-order chi connectivity index (χ0) is 24.3. The molecule has 0 saturated heterocycles. The fourth-order valence-corrected chi connectivity index (χ4v) is 6.03. The van der Waals surface area contributed by atoms with Crippen molar-refractivity contribution in [3.8, 4) is 22.3 Å². The van der Waals surface area contributed by atoms with E-state index in [9.17, 15) is 0 Å². The molecule has 0 aliphatic heterocycles. The molecule has 5 aromatic rings. The molecule has 0 heteroatoms. The van der Waals surface area contributed by atoms with Crippen molar-refractivity contribution in [2.75, 3.05) is 0 Å². The minimum Gasteiger partial charge on any atom is -0.0654 e. The highest BCUT2D eigenvalue weighted by molar-refractivity contribution is 6.02. The Bertz CT molecular complexity index is 1560. The molecule has 36 heavy (non-hydrogen) atoms. The summed E-state index contributed by atoms with van der Waals surface area (Å²) in [5, 5.41) is 5.29.